The summed E-state index contributed by atoms with van der Waals surface area (Å²) in [4.78, 5) is 10.5. The van der Waals surface area contributed by atoms with Gasteiger partial charge >= 0.3 is 0 Å². The lowest BCUT2D eigenvalue weighted by Crippen LogP contribution is -2.66. The highest BCUT2D eigenvalue weighted by molar-refractivity contribution is 8.31. The predicted molar refractivity (Wildman–Crippen MR) is 134 cm³/mol. The summed E-state index contributed by atoms with van der Waals surface area (Å²) in [7, 11) is -0.785. The first kappa shape index (κ1) is 20.9. The zero-order chi connectivity index (χ0) is 22.9. The molecule has 4 fully saturated rings. The lowest BCUT2D eigenvalue weighted by molar-refractivity contribution is 0.152. The lowest BCUT2D eigenvalue weighted by Gasteiger charge is -2.69. The van der Waals surface area contributed by atoms with Crippen molar-refractivity contribution in [2.45, 2.75) is 44.0 Å². The maximum atomic E-state index is 9.31. The van der Waals surface area contributed by atoms with Crippen molar-refractivity contribution < 1.29 is 5.11 Å². The molecule has 0 spiro atoms. The van der Waals surface area contributed by atoms with E-state index in [4.69, 9.17) is 9.97 Å². The molecule has 178 valence electrons. The zero-order valence-electron chi connectivity index (χ0n) is 18.6. The number of nitrogens with zero attached hydrogens (tertiary/aromatic N) is 6. The summed E-state index contributed by atoms with van der Waals surface area (Å²) in [6, 6.07) is 7.87. The molecule has 4 aliphatic rings. The quantitative estimate of drug-likeness (QED) is 0.406. The molecule has 0 saturated carbocycles. The van der Waals surface area contributed by atoms with Crippen molar-refractivity contribution in [2.24, 2.45) is 5.92 Å². The second-order valence-electron chi connectivity index (χ2n) is 9.71. The summed E-state index contributed by atoms with van der Waals surface area (Å²) in [6.45, 7) is 1.87. The van der Waals surface area contributed by atoms with Gasteiger partial charge in [0.05, 0.1) is 29.7 Å². The van der Waals surface area contributed by atoms with Crippen molar-refractivity contribution in [3.63, 3.8) is 0 Å². The summed E-state index contributed by atoms with van der Waals surface area (Å²) in [5, 5.41) is 35.5. The van der Waals surface area contributed by atoms with E-state index in [-0.39, 0.29) is 12.5 Å². The molecule has 7 rings (SSSR count). The van der Waals surface area contributed by atoms with Gasteiger partial charge in [0, 0.05) is 48.8 Å². The van der Waals surface area contributed by atoms with Gasteiger partial charge < -0.3 is 15.7 Å². The average Bonchev–Trinajstić information content (AvgIpc) is 3.50. The van der Waals surface area contributed by atoms with Crippen LogP contribution in [-0.4, -0.2) is 76.6 Å². The van der Waals surface area contributed by atoms with Crippen LogP contribution in [-0.2, 0) is 6.61 Å². The Morgan fingerprint density at radius 3 is 3.00 bits per heavy atom. The van der Waals surface area contributed by atoms with Crippen LogP contribution < -0.4 is 10.6 Å². The largest absolute Gasteiger partial charge is 0.390 e. The van der Waals surface area contributed by atoms with E-state index >= 15 is 0 Å². The first-order valence-corrected chi connectivity index (χ1v) is 14.6. The van der Waals surface area contributed by atoms with Gasteiger partial charge in [0.2, 0.25) is 5.95 Å². The molecule has 0 aliphatic carbocycles. The van der Waals surface area contributed by atoms with Crippen molar-refractivity contribution >= 4 is 49.5 Å². The molecule has 7 heterocycles. The molecule has 3 aromatic rings. The lowest BCUT2D eigenvalue weighted by atomic mass is 9.93. The Morgan fingerprint density at radius 2 is 2.18 bits per heavy atom. The summed E-state index contributed by atoms with van der Waals surface area (Å²) in [5.74, 6) is 4.85. The topological polar surface area (TPSA) is 129 Å². The van der Waals surface area contributed by atoms with Crippen LogP contribution in [0.3, 0.4) is 0 Å². The van der Waals surface area contributed by atoms with Crippen LogP contribution in [0.4, 0.5) is 17.6 Å². The Kier molecular flexibility index (Phi) is 4.79. The van der Waals surface area contributed by atoms with Crippen LogP contribution in [0.25, 0.3) is 10.2 Å². The van der Waals surface area contributed by atoms with Gasteiger partial charge in [-0.1, -0.05) is 0 Å². The molecule has 4 saturated heterocycles. The van der Waals surface area contributed by atoms with Gasteiger partial charge in [0.1, 0.15) is 10.6 Å². The average molecular weight is 498 g/mol. The summed E-state index contributed by atoms with van der Waals surface area (Å²) in [6.07, 6.45) is 3.50. The van der Waals surface area contributed by atoms with Crippen LogP contribution in [0.15, 0.2) is 17.5 Å². The maximum absolute atomic E-state index is 9.31. The third-order valence-corrected chi connectivity index (χ3v) is 12.9. The van der Waals surface area contributed by atoms with Gasteiger partial charge in [0.25, 0.3) is 0 Å². The number of fused-ring (bicyclic) bond motifs is 1. The van der Waals surface area contributed by atoms with Gasteiger partial charge in [0.15, 0.2) is 5.82 Å². The first-order valence-electron chi connectivity index (χ1n) is 11.8. The van der Waals surface area contributed by atoms with Gasteiger partial charge in [-0.15, -0.1) is 21.7 Å². The van der Waals surface area contributed by atoms with Crippen molar-refractivity contribution in [3.8, 4) is 6.07 Å². The SMILES string of the molecule is N#CC1CN(S23CCC4CC(Nc5nc(Nc6cc(CO)[nH]n6)c6ccsc6n5)CC(C2)N43)C1. The normalized spacial score (nSPS) is 32.9. The number of nitrogens with one attached hydrogen (secondary N) is 3. The van der Waals surface area contributed by atoms with E-state index in [2.05, 4.69) is 35.5 Å². The van der Waals surface area contributed by atoms with Crippen molar-refractivity contribution in [2.75, 3.05) is 35.2 Å². The van der Waals surface area contributed by atoms with Crippen LogP contribution >= 0.6 is 21.7 Å². The fourth-order valence-corrected chi connectivity index (χ4v) is 11.9. The number of nitriles is 1. The number of hydrogen-bond donors (Lipinski definition) is 4. The number of aliphatic hydroxyl groups is 1. The molecule has 4 aliphatic heterocycles. The van der Waals surface area contributed by atoms with Crippen molar-refractivity contribution in [3.05, 3.63) is 23.2 Å². The van der Waals surface area contributed by atoms with Gasteiger partial charge in [-0.05, 0) is 30.7 Å². The summed E-state index contributed by atoms with van der Waals surface area (Å²) >= 11 is 1.60. The number of aliphatic hydroxyl groups excluding tert-OH is 1. The van der Waals surface area contributed by atoms with Crippen LogP contribution in [0.5, 0.6) is 0 Å². The van der Waals surface area contributed by atoms with Crippen LogP contribution in [0.1, 0.15) is 25.0 Å². The molecular weight excluding hydrogens is 470 g/mol. The number of aromatic amines is 1. The molecule has 4 atom stereocenters. The molecule has 0 amide bonds. The smallest absolute Gasteiger partial charge is 0.226 e. The Morgan fingerprint density at radius 1 is 1.29 bits per heavy atom. The molecule has 3 aromatic heterocycles. The Bertz CT molecular complexity index is 1280. The highest BCUT2D eigenvalue weighted by atomic mass is 32.3. The van der Waals surface area contributed by atoms with Gasteiger partial charge in [-0.3, -0.25) is 9.40 Å². The van der Waals surface area contributed by atoms with Crippen molar-refractivity contribution in [1.29, 1.82) is 5.26 Å². The molecule has 0 bridgehead atoms. The molecule has 10 nitrogen and oxygen atoms in total. The maximum Gasteiger partial charge on any atom is 0.226 e. The first-order chi connectivity index (χ1) is 16.6. The summed E-state index contributed by atoms with van der Waals surface area (Å²) in [5.41, 5.74) is 0.653. The van der Waals surface area contributed by atoms with E-state index < -0.39 is 10.4 Å². The summed E-state index contributed by atoms with van der Waals surface area (Å²) < 4.78 is 5.50. The van der Waals surface area contributed by atoms with Gasteiger partial charge in [-0.2, -0.15) is 15.3 Å². The van der Waals surface area contributed by atoms with E-state index in [1.807, 2.05) is 11.4 Å². The minimum Gasteiger partial charge on any atom is -0.390 e. The molecular formula is C22H27N9OS2. The number of H-pyrrole nitrogens is 1. The second kappa shape index (κ2) is 7.79. The molecule has 0 radical (unpaired) electrons. The minimum absolute atomic E-state index is 0.0835. The van der Waals surface area contributed by atoms with E-state index in [0.29, 0.717) is 35.6 Å². The van der Waals surface area contributed by atoms with Crippen LogP contribution in [0.2, 0.25) is 0 Å². The molecule has 4 unspecified atom stereocenters. The van der Waals surface area contributed by atoms with Crippen LogP contribution in [0, 0.1) is 17.2 Å². The Balaban J connectivity index is 1.08. The van der Waals surface area contributed by atoms with E-state index in [0.717, 1.165) is 42.0 Å². The number of thiophene rings is 1. The number of anilines is 3. The monoisotopic (exact) mass is 497 g/mol. The highest BCUT2D eigenvalue weighted by Gasteiger charge is 2.61. The van der Waals surface area contributed by atoms with E-state index in [1.54, 1.807) is 17.4 Å². The van der Waals surface area contributed by atoms with Gasteiger partial charge in [-0.25, -0.2) is 9.29 Å². The number of aromatic nitrogens is 4. The van der Waals surface area contributed by atoms with Crippen molar-refractivity contribution in [1.82, 2.24) is 28.8 Å². The highest BCUT2D eigenvalue weighted by Crippen LogP contribution is 2.72. The predicted octanol–water partition coefficient (Wildman–Crippen LogP) is 2.77. The molecule has 0 aromatic carbocycles. The Hall–Kier alpha value is -2.43. The Labute approximate surface area is 203 Å². The fraction of sp³-hybridized carbons (Fsp3) is 0.545. The van der Waals surface area contributed by atoms with E-state index in [9.17, 15) is 10.4 Å². The number of hydrogen-bond acceptors (Lipinski definition) is 10. The minimum atomic E-state index is -0.785. The van der Waals surface area contributed by atoms with E-state index in [1.165, 1.54) is 17.9 Å². The zero-order valence-corrected chi connectivity index (χ0v) is 20.3. The number of piperidine rings is 1. The molecule has 12 heteroatoms. The third kappa shape index (κ3) is 3.15. The second-order valence-corrected chi connectivity index (χ2v) is 13.9. The standard InChI is InChI=1S/C22H27N9OS2/c23-8-13-9-30(10-13)34-4-2-16-5-14(6-17(12-34)31(16)34)24-22-26-20(18-1-3-33-21(18)27-22)25-19-7-15(11-32)28-29-19/h1,3,7,13-14,16-17,32H,2,4-6,9-12H2,(H3,24,25,26,27,28,29). The molecule has 34 heavy (non-hydrogen) atoms. The third-order valence-electron chi connectivity index (χ3n) is 7.68. The fourth-order valence-electron chi connectivity index (χ4n) is 6.13. The number of rotatable bonds is 6. The molecule has 4 N–H and O–H groups in total.